The minimum atomic E-state index is -3.83. The first kappa shape index (κ1) is 20.7. The van der Waals surface area contributed by atoms with E-state index in [0.717, 1.165) is 11.3 Å². The molecule has 3 aromatic rings. The highest BCUT2D eigenvalue weighted by atomic mass is 32.2. The Morgan fingerprint density at radius 1 is 1.03 bits per heavy atom. The molecule has 29 heavy (non-hydrogen) atoms. The molecule has 0 spiro atoms. The second kappa shape index (κ2) is 9.01. The molecule has 0 aliphatic heterocycles. The van der Waals surface area contributed by atoms with Gasteiger partial charge in [0, 0.05) is 12.1 Å². The monoisotopic (exact) mass is 438 g/mol. The van der Waals surface area contributed by atoms with Crippen LogP contribution in [0.5, 0.6) is 5.75 Å². The van der Waals surface area contributed by atoms with Crippen LogP contribution in [0, 0.1) is 0 Å². The highest BCUT2D eigenvalue weighted by Crippen LogP contribution is 2.24. The zero-order valence-electron chi connectivity index (χ0n) is 14.8. The summed E-state index contributed by atoms with van der Waals surface area (Å²) < 4.78 is 56.9. The molecule has 1 amide bonds. The van der Waals surface area contributed by atoms with Crippen LogP contribution in [0.15, 0.2) is 70.3 Å². The highest BCUT2D eigenvalue weighted by Gasteiger charge is 2.19. The third kappa shape index (κ3) is 5.30. The lowest BCUT2D eigenvalue weighted by atomic mass is 10.1. The maximum atomic E-state index is 12.6. The lowest BCUT2D eigenvalue weighted by Crippen LogP contribution is -2.25. The zero-order chi connectivity index (χ0) is 20.9. The van der Waals surface area contributed by atoms with E-state index in [2.05, 4.69) is 14.8 Å². The van der Waals surface area contributed by atoms with Gasteiger partial charge in [-0.25, -0.2) is 8.42 Å². The molecular formula is C19H16F2N2O4S2. The minimum absolute atomic E-state index is 0.0468. The van der Waals surface area contributed by atoms with Crippen LogP contribution in [0.1, 0.15) is 15.9 Å². The van der Waals surface area contributed by atoms with Gasteiger partial charge in [-0.2, -0.15) is 8.78 Å². The Morgan fingerprint density at radius 3 is 2.48 bits per heavy atom. The molecule has 1 aromatic heterocycles. The molecule has 0 fully saturated rings. The number of amides is 1. The van der Waals surface area contributed by atoms with Gasteiger partial charge < -0.3 is 10.1 Å². The SMILES string of the molecule is O=C(NCc1ccccc1OC(F)F)c1ccccc1NS(=O)(=O)c1cccs1. The number of hydrogen-bond acceptors (Lipinski definition) is 5. The predicted molar refractivity (Wildman–Crippen MR) is 106 cm³/mol. The van der Waals surface area contributed by atoms with Crippen molar-refractivity contribution in [2.75, 3.05) is 4.72 Å². The number of anilines is 1. The Kier molecular flexibility index (Phi) is 6.45. The maximum absolute atomic E-state index is 12.6. The molecule has 6 nitrogen and oxygen atoms in total. The van der Waals surface area contributed by atoms with E-state index >= 15 is 0 Å². The molecule has 3 rings (SSSR count). The number of carbonyl (C=O) groups is 1. The van der Waals surface area contributed by atoms with Crippen molar-refractivity contribution in [1.29, 1.82) is 0 Å². The molecule has 0 saturated heterocycles. The summed E-state index contributed by atoms with van der Waals surface area (Å²) in [5.41, 5.74) is 0.563. The predicted octanol–water partition coefficient (Wildman–Crippen LogP) is 4.08. The van der Waals surface area contributed by atoms with Crippen LogP contribution in [0.4, 0.5) is 14.5 Å². The molecule has 0 aliphatic rings. The van der Waals surface area contributed by atoms with Gasteiger partial charge in [0.15, 0.2) is 0 Å². The fraction of sp³-hybridized carbons (Fsp3) is 0.105. The lowest BCUT2D eigenvalue weighted by molar-refractivity contribution is -0.0504. The molecule has 0 saturated carbocycles. The zero-order valence-corrected chi connectivity index (χ0v) is 16.5. The number of sulfonamides is 1. The van der Waals surface area contributed by atoms with Crippen LogP contribution in [0.2, 0.25) is 0 Å². The number of rotatable bonds is 8. The van der Waals surface area contributed by atoms with Crippen molar-refractivity contribution in [3.05, 3.63) is 77.2 Å². The first-order chi connectivity index (χ1) is 13.9. The van der Waals surface area contributed by atoms with E-state index in [4.69, 9.17) is 0 Å². The molecule has 10 heteroatoms. The van der Waals surface area contributed by atoms with Crippen molar-refractivity contribution in [2.24, 2.45) is 0 Å². The van der Waals surface area contributed by atoms with Crippen molar-refractivity contribution in [1.82, 2.24) is 5.32 Å². The number of alkyl halides is 2. The Hall–Kier alpha value is -2.98. The summed E-state index contributed by atoms with van der Waals surface area (Å²) in [6.07, 6.45) is 0. The van der Waals surface area contributed by atoms with Gasteiger partial charge in [0.2, 0.25) is 0 Å². The van der Waals surface area contributed by atoms with Crippen LogP contribution >= 0.6 is 11.3 Å². The van der Waals surface area contributed by atoms with Gasteiger partial charge in [-0.15, -0.1) is 11.3 Å². The number of para-hydroxylation sites is 2. The number of ether oxygens (including phenoxy) is 1. The largest absolute Gasteiger partial charge is 0.434 e. The third-order valence-corrected chi connectivity index (χ3v) is 6.57. The Labute approximate surface area is 170 Å². The van der Waals surface area contributed by atoms with Gasteiger partial charge in [-0.3, -0.25) is 9.52 Å². The van der Waals surface area contributed by atoms with E-state index < -0.39 is 22.5 Å². The number of benzene rings is 2. The Bertz CT molecular complexity index is 1090. The van der Waals surface area contributed by atoms with Gasteiger partial charge in [-0.1, -0.05) is 36.4 Å². The molecular weight excluding hydrogens is 422 g/mol. The number of carbonyl (C=O) groups excluding carboxylic acids is 1. The molecule has 1 heterocycles. The van der Waals surface area contributed by atoms with Crippen LogP contribution in [-0.4, -0.2) is 20.9 Å². The summed E-state index contributed by atoms with van der Waals surface area (Å²) in [7, 11) is -3.83. The first-order valence-corrected chi connectivity index (χ1v) is 10.7. The summed E-state index contributed by atoms with van der Waals surface area (Å²) in [5.74, 6) is -0.615. The summed E-state index contributed by atoms with van der Waals surface area (Å²) in [5, 5.41) is 4.22. The van der Waals surface area contributed by atoms with E-state index in [-0.39, 0.29) is 27.8 Å². The number of thiophene rings is 1. The first-order valence-electron chi connectivity index (χ1n) is 8.33. The molecule has 2 aromatic carbocycles. The summed E-state index contributed by atoms with van der Waals surface area (Å²) in [4.78, 5) is 12.6. The molecule has 2 N–H and O–H groups in total. The summed E-state index contributed by atoms with van der Waals surface area (Å²) in [6, 6.07) is 15.3. The van der Waals surface area contributed by atoms with Gasteiger partial charge in [-0.05, 0) is 29.6 Å². The average molecular weight is 438 g/mol. The Balaban J connectivity index is 1.76. The fourth-order valence-electron chi connectivity index (χ4n) is 2.51. The summed E-state index contributed by atoms with van der Waals surface area (Å²) >= 11 is 1.05. The van der Waals surface area contributed by atoms with Crippen LogP contribution in [-0.2, 0) is 16.6 Å². The van der Waals surface area contributed by atoms with Crippen LogP contribution < -0.4 is 14.8 Å². The standard InChI is InChI=1S/C19H16F2N2O4S2/c20-19(21)27-16-9-4-1-6-13(16)12-22-18(24)14-7-2-3-8-15(14)23-29(25,26)17-10-5-11-28-17/h1-11,19,23H,12H2,(H,22,24). The van der Waals surface area contributed by atoms with E-state index in [0.29, 0.717) is 5.56 Å². The average Bonchev–Trinajstić information content (AvgIpc) is 3.23. The quantitative estimate of drug-likeness (QED) is 0.555. The number of nitrogens with one attached hydrogen (secondary N) is 2. The number of halogens is 2. The molecule has 0 unspecified atom stereocenters. The highest BCUT2D eigenvalue weighted by molar-refractivity contribution is 7.94. The summed E-state index contributed by atoms with van der Waals surface area (Å²) in [6.45, 7) is -3.06. The van der Waals surface area contributed by atoms with Crippen molar-refractivity contribution in [3.8, 4) is 5.75 Å². The van der Waals surface area contributed by atoms with Crippen LogP contribution in [0.25, 0.3) is 0 Å². The van der Waals surface area contributed by atoms with E-state index in [1.165, 1.54) is 30.3 Å². The van der Waals surface area contributed by atoms with Crippen molar-refractivity contribution < 1.29 is 26.7 Å². The topological polar surface area (TPSA) is 84.5 Å². The van der Waals surface area contributed by atoms with E-state index in [9.17, 15) is 22.0 Å². The van der Waals surface area contributed by atoms with Gasteiger partial charge in [0.25, 0.3) is 15.9 Å². The molecule has 0 radical (unpaired) electrons. The normalized spacial score (nSPS) is 11.3. The minimum Gasteiger partial charge on any atom is -0.434 e. The second-order valence-corrected chi connectivity index (χ2v) is 8.61. The van der Waals surface area contributed by atoms with Crippen molar-refractivity contribution in [2.45, 2.75) is 17.4 Å². The van der Waals surface area contributed by atoms with E-state index in [1.54, 1.807) is 35.7 Å². The molecule has 0 aliphatic carbocycles. The third-order valence-electron chi connectivity index (χ3n) is 3.80. The Morgan fingerprint density at radius 2 is 1.76 bits per heavy atom. The lowest BCUT2D eigenvalue weighted by Gasteiger charge is -2.14. The maximum Gasteiger partial charge on any atom is 0.387 e. The van der Waals surface area contributed by atoms with E-state index in [1.807, 2.05) is 0 Å². The molecule has 152 valence electrons. The fourth-order valence-corrected chi connectivity index (χ4v) is 4.59. The van der Waals surface area contributed by atoms with Crippen molar-refractivity contribution >= 4 is 33.0 Å². The number of hydrogen-bond donors (Lipinski definition) is 2. The van der Waals surface area contributed by atoms with Gasteiger partial charge in [0.1, 0.15) is 9.96 Å². The van der Waals surface area contributed by atoms with Gasteiger partial charge >= 0.3 is 6.61 Å². The van der Waals surface area contributed by atoms with Gasteiger partial charge in [0.05, 0.1) is 11.3 Å². The smallest absolute Gasteiger partial charge is 0.387 e. The molecule has 0 atom stereocenters. The van der Waals surface area contributed by atoms with Crippen LogP contribution in [0.3, 0.4) is 0 Å². The second-order valence-electron chi connectivity index (χ2n) is 5.75. The van der Waals surface area contributed by atoms with Crippen molar-refractivity contribution in [3.63, 3.8) is 0 Å². The molecule has 0 bridgehead atoms.